The third-order valence-electron chi connectivity index (χ3n) is 5.53. The van der Waals surface area contributed by atoms with Crippen LogP contribution in [0.3, 0.4) is 0 Å². The zero-order valence-corrected chi connectivity index (χ0v) is 18.3. The minimum atomic E-state index is -0.338. The van der Waals surface area contributed by atoms with E-state index in [1.54, 1.807) is 18.0 Å². The molecule has 0 aromatic heterocycles. The van der Waals surface area contributed by atoms with Crippen LogP contribution < -0.4 is 0 Å². The van der Waals surface area contributed by atoms with Gasteiger partial charge in [-0.1, -0.05) is 65.7 Å². The van der Waals surface area contributed by atoms with Gasteiger partial charge < -0.3 is 4.90 Å². The van der Waals surface area contributed by atoms with Crippen LogP contribution in [0.2, 0.25) is 0 Å². The summed E-state index contributed by atoms with van der Waals surface area (Å²) >= 11 is 6.97. The van der Waals surface area contributed by atoms with Gasteiger partial charge in [0.25, 0.3) is 5.91 Å². The summed E-state index contributed by atoms with van der Waals surface area (Å²) < 4.78 is 13.9. The van der Waals surface area contributed by atoms with Gasteiger partial charge in [-0.2, -0.15) is 0 Å². The Labute approximate surface area is 190 Å². The number of halogens is 2. The summed E-state index contributed by atoms with van der Waals surface area (Å²) in [7, 11) is 1.69. The van der Waals surface area contributed by atoms with Gasteiger partial charge in [0, 0.05) is 18.2 Å². The average molecular weight is 444 g/mol. The van der Waals surface area contributed by atoms with Crippen LogP contribution in [0.4, 0.5) is 10.1 Å². The van der Waals surface area contributed by atoms with Crippen LogP contribution >= 0.6 is 11.6 Å². The van der Waals surface area contributed by atoms with Gasteiger partial charge in [0.1, 0.15) is 11.0 Å². The van der Waals surface area contributed by atoms with E-state index < -0.39 is 0 Å². The van der Waals surface area contributed by atoms with Gasteiger partial charge in [-0.05, 0) is 42.8 Å². The average Bonchev–Trinajstić information content (AvgIpc) is 2.78. The van der Waals surface area contributed by atoms with Gasteiger partial charge in [-0.15, -0.1) is 0 Å². The van der Waals surface area contributed by atoms with Crippen molar-refractivity contribution in [3.05, 3.63) is 106 Å². The minimum absolute atomic E-state index is 0.205. The number of carbonyl (C=O) groups is 1. The lowest BCUT2D eigenvalue weighted by Gasteiger charge is -2.39. The molecule has 0 saturated heterocycles. The van der Waals surface area contributed by atoms with Gasteiger partial charge in [0.2, 0.25) is 5.84 Å². The molecular weight excluding hydrogens is 425 g/mol. The first-order valence-electron chi connectivity index (χ1n) is 10.1. The molecule has 0 unspecified atom stereocenters. The topological polar surface area (TPSA) is 35.9 Å². The van der Waals surface area contributed by atoms with Crippen molar-refractivity contribution in [1.29, 1.82) is 0 Å². The molecule has 158 valence electrons. The normalized spacial score (nSPS) is 16.8. The van der Waals surface area contributed by atoms with Crippen molar-refractivity contribution < 1.29 is 9.18 Å². The molecule has 4 nitrogen and oxygen atoms in total. The Bertz CT molecular complexity index is 1340. The van der Waals surface area contributed by atoms with E-state index in [2.05, 4.69) is 4.99 Å². The molecule has 2 heterocycles. The van der Waals surface area contributed by atoms with Gasteiger partial charge in [-0.3, -0.25) is 9.69 Å². The van der Waals surface area contributed by atoms with Crippen molar-refractivity contribution in [1.82, 2.24) is 9.80 Å². The fraction of sp³-hybridized carbons (Fsp3) is 0.0769. The molecule has 0 saturated carbocycles. The Kier molecular flexibility index (Phi) is 4.91. The minimum Gasteiger partial charge on any atom is -0.305 e. The van der Waals surface area contributed by atoms with Crippen LogP contribution in [0.1, 0.15) is 22.3 Å². The monoisotopic (exact) mass is 443 g/mol. The van der Waals surface area contributed by atoms with Gasteiger partial charge in [0.15, 0.2) is 0 Å². The molecule has 32 heavy (non-hydrogen) atoms. The van der Waals surface area contributed by atoms with Crippen LogP contribution in [0.25, 0.3) is 17.5 Å². The molecule has 3 aromatic rings. The van der Waals surface area contributed by atoms with E-state index in [4.69, 9.17) is 11.6 Å². The molecular formula is C26H19ClFN3O. The van der Waals surface area contributed by atoms with Crippen LogP contribution in [-0.4, -0.2) is 28.6 Å². The standard InChI is InChI=1S/C26H19ClFN3O/c1-16-11-12-21-20(13-16)22(15-17-7-6-10-19(28)14-17)31-24(27)23(18-8-4-3-5-9-18)30(2)26(32)25(31)29-21/h3-15H,1-2H3/b22-15+. The summed E-state index contributed by atoms with van der Waals surface area (Å²) in [6.07, 6.45) is 1.83. The number of hydrogen-bond acceptors (Lipinski definition) is 3. The number of benzene rings is 3. The second kappa shape index (κ2) is 7.77. The Hall–Kier alpha value is -3.70. The summed E-state index contributed by atoms with van der Waals surface area (Å²) in [5.41, 5.74) is 5.24. The zero-order valence-electron chi connectivity index (χ0n) is 17.5. The number of rotatable bonds is 2. The molecule has 6 heteroatoms. The predicted octanol–water partition coefficient (Wildman–Crippen LogP) is 6.01. The number of likely N-dealkylation sites (N-methyl/N-ethyl adjacent to an activating group) is 1. The number of aryl methyl sites for hydroxylation is 1. The van der Waals surface area contributed by atoms with E-state index in [1.165, 1.54) is 17.0 Å². The van der Waals surface area contributed by atoms with Crippen LogP contribution in [-0.2, 0) is 4.79 Å². The Morgan fingerprint density at radius 2 is 1.78 bits per heavy atom. The van der Waals surface area contributed by atoms with Crippen molar-refractivity contribution in [2.45, 2.75) is 6.92 Å². The zero-order chi connectivity index (χ0) is 22.4. The third-order valence-corrected chi connectivity index (χ3v) is 5.88. The quantitative estimate of drug-likeness (QED) is 0.454. The predicted molar refractivity (Wildman–Crippen MR) is 126 cm³/mol. The Morgan fingerprint density at radius 3 is 2.53 bits per heavy atom. The maximum atomic E-state index is 13.9. The highest BCUT2D eigenvalue weighted by atomic mass is 35.5. The fourth-order valence-corrected chi connectivity index (χ4v) is 4.40. The van der Waals surface area contributed by atoms with E-state index in [0.29, 0.717) is 27.8 Å². The van der Waals surface area contributed by atoms with Crippen LogP contribution in [0.15, 0.2) is 82.9 Å². The highest BCUT2D eigenvalue weighted by Gasteiger charge is 2.40. The highest BCUT2D eigenvalue weighted by molar-refractivity contribution is 6.48. The van der Waals surface area contributed by atoms with Crippen molar-refractivity contribution in [2.24, 2.45) is 4.99 Å². The Morgan fingerprint density at radius 1 is 1.00 bits per heavy atom. The second-order valence-electron chi connectivity index (χ2n) is 7.75. The van der Waals surface area contributed by atoms with E-state index >= 15 is 0 Å². The SMILES string of the molecule is Cc1ccc2c(c1)/C(=C\c1cccc(F)c1)N1C(=N2)C(=O)N(C)C(c2ccccc2)=C1Cl. The molecule has 1 amide bonds. The molecule has 0 aliphatic carbocycles. The summed E-state index contributed by atoms with van der Waals surface area (Å²) in [5, 5.41) is 0.354. The number of aliphatic imine (C=N–C) groups is 1. The summed E-state index contributed by atoms with van der Waals surface area (Å²) in [6, 6.07) is 21.6. The number of nitrogens with zero attached hydrogens (tertiary/aromatic N) is 3. The number of carbonyl (C=O) groups excluding carboxylic acids is 1. The number of amidine groups is 1. The summed E-state index contributed by atoms with van der Waals surface area (Å²) in [6.45, 7) is 1.99. The molecule has 0 radical (unpaired) electrons. The third kappa shape index (κ3) is 3.31. The van der Waals surface area contributed by atoms with E-state index in [1.807, 2.05) is 67.6 Å². The molecule has 5 rings (SSSR count). The van der Waals surface area contributed by atoms with Crippen molar-refractivity contribution in [3.8, 4) is 0 Å². The van der Waals surface area contributed by atoms with Gasteiger partial charge >= 0.3 is 0 Å². The second-order valence-corrected chi connectivity index (χ2v) is 8.10. The summed E-state index contributed by atoms with van der Waals surface area (Å²) in [4.78, 5) is 21.2. The van der Waals surface area contributed by atoms with E-state index in [-0.39, 0.29) is 17.6 Å². The molecule has 0 atom stereocenters. The number of hydrogen-bond donors (Lipinski definition) is 0. The molecule has 0 bridgehead atoms. The van der Waals surface area contributed by atoms with Crippen molar-refractivity contribution in [2.75, 3.05) is 7.05 Å². The highest BCUT2D eigenvalue weighted by Crippen LogP contribution is 2.43. The van der Waals surface area contributed by atoms with E-state index in [0.717, 1.165) is 16.7 Å². The Balaban J connectivity index is 1.80. The summed E-state index contributed by atoms with van der Waals surface area (Å²) in [5.74, 6) is -0.407. The number of fused-ring (bicyclic) bond motifs is 2. The lowest BCUT2D eigenvalue weighted by molar-refractivity contribution is -0.121. The molecule has 2 aliphatic heterocycles. The lowest BCUT2D eigenvalue weighted by atomic mass is 9.99. The smallest absolute Gasteiger partial charge is 0.294 e. The first-order valence-corrected chi connectivity index (χ1v) is 10.5. The molecule has 0 spiro atoms. The molecule has 0 N–H and O–H groups in total. The first-order chi connectivity index (χ1) is 15.4. The molecule has 0 fully saturated rings. The fourth-order valence-electron chi connectivity index (χ4n) is 3.99. The van der Waals surface area contributed by atoms with Crippen LogP contribution in [0.5, 0.6) is 0 Å². The van der Waals surface area contributed by atoms with E-state index in [9.17, 15) is 9.18 Å². The van der Waals surface area contributed by atoms with Gasteiger partial charge in [-0.25, -0.2) is 9.38 Å². The molecule has 3 aromatic carbocycles. The lowest BCUT2D eigenvalue weighted by Crippen LogP contribution is -2.47. The van der Waals surface area contributed by atoms with Crippen molar-refractivity contribution in [3.63, 3.8) is 0 Å². The number of amides is 1. The largest absolute Gasteiger partial charge is 0.305 e. The maximum absolute atomic E-state index is 13.9. The van der Waals surface area contributed by atoms with Crippen molar-refractivity contribution >= 4 is 46.5 Å². The molecule has 2 aliphatic rings. The van der Waals surface area contributed by atoms with Gasteiger partial charge in [0.05, 0.1) is 17.1 Å². The maximum Gasteiger partial charge on any atom is 0.294 e. The first kappa shape index (κ1) is 20.2. The van der Waals surface area contributed by atoms with Crippen LogP contribution in [0, 0.1) is 12.7 Å².